The summed E-state index contributed by atoms with van der Waals surface area (Å²) in [5.74, 6) is -1.23. The van der Waals surface area contributed by atoms with E-state index < -0.39 is 17.4 Å². The Kier molecular flexibility index (Phi) is 4.90. The first kappa shape index (κ1) is 15.9. The lowest BCUT2D eigenvalue weighted by Gasteiger charge is -2.23. The lowest BCUT2D eigenvalue weighted by atomic mass is 10.0. The molecule has 0 heterocycles. The van der Waals surface area contributed by atoms with Gasteiger partial charge in [-0.2, -0.15) is 0 Å². The molecule has 114 valence electrons. The number of para-hydroxylation sites is 1. The molecular formula is C15H20N2O3S. The summed E-state index contributed by atoms with van der Waals surface area (Å²) in [7, 11) is 0. The molecular weight excluding hydrogens is 288 g/mol. The minimum absolute atomic E-state index is 0.0914. The summed E-state index contributed by atoms with van der Waals surface area (Å²) < 4.78 is 0. The van der Waals surface area contributed by atoms with Gasteiger partial charge < -0.3 is 15.7 Å². The van der Waals surface area contributed by atoms with Crippen molar-refractivity contribution in [1.29, 1.82) is 0 Å². The Morgan fingerprint density at radius 1 is 1.33 bits per heavy atom. The molecule has 3 N–H and O–H groups in total. The maximum Gasteiger partial charge on any atom is 0.313 e. The monoisotopic (exact) mass is 308 g/mol. The van der Waals surface area contributed by atoms with Gasteiger partial charge in [-0.25, -0.2) is 0 Å². The normalized spacial score (nSPS) is 16.9. The Balaban J connectivity index is 1.89. The molecule has 2 amide bonds. The summed E-state index contributed by atoms with van der Waals surface area (Å²) in [5, 5.41) is 15.2. The zero-order valence-corrected chi connectivity index (χ0v) is 13.0. The number of carbonyl (C=O) groups excluding carboxylic acids is 2. The SMILES string of the molecule is CSc1ccccc1NC(=O)C(=O)NC[C@](C)(O)C1CC1. The van der Waals surface area contributed by atoms with Gasteiger partial charge in [-0.15, -0.1) is 11.8 Å². The lowest BCUT2D eigenvalue weighted by molar-refractivity contribution is -0.136. The van der Waals surface area contributed by atoms with Crippen molar-refractivity contribution in [2.45, 2.75) is 30.3 Å². The third-order valence-electron chi connectivity index (χ3n) is 3.63. The number of carbonyl (C=O) groups is 2. The molecule has 21 heavy (non-hydrogen) atoms. The summed E-state index contributed by atoms with van der Waals surface area (Å²) in [6.07, 6.45) is 3.84. The standard InChI is InChI=1S/C15H20N2O3S/c1-15(20,10-7-8-10)9-16-13(18)14(19)17-11-5-3-4-6-12(11)21-2/h3-6,10,20H,7-9H2,1-2H3,(H,16,18)(H,17,19)/t15-/m0/s1. The maximum atomic E-state index is 11.9. The molecule has 0 spiro atoms. The number of rotatable bonds is 5. The first-order valence-corrected chi connectivity index (χ1v) is 8.11. The van der Waals surface area contributed by atoms with Gasteiger partial charge in [0.1, 0.15) is 0 Å². The fourth-order valence-corrected chi connectivity index (χ4v) is 2.67. The van der Waals surface area contributed by atoms with Crippen LogP contribution in [0.15, 0.2) is 29.2 Å². The molecule has 0 saturated heterocycles. The van der Waals surface area contributed by atoms with Crippen molar-refractivity contribution in [3.63, 3.8) is 0 Å². The van der Waals surface area contributed by atoms with Gasteiger partial charge >= 0.3 is 11.8 Å². The Hall–Kier alpha value is -1.53. The van der Waals surface area contributed by atoms with Crippen molar-refractivity contribution in [2.24, 2.45) is 5.92 Å². The summed E-state index contributed by atoms with van der Waals surface area (Å²) in [5.41, 5.74) is -0.327. The van der Waals surface area contributed by atoms with E-state index in [1.807, 2.05) is 18.4 Å². The highest BCUT2D eigenvalue weighted by molar-refractivity contribution is 7.98. The quantitative estimate of drug-likeness (QED) is 0.570. The second kappa shape index (κ2) is 6.49. The number of anilines is 1. The van der Waals surface area contributed by atoms with Crippen LogP contribution >= 0.6 is 11.8 Å². The van der Waals surface area contributed by atoms with Crippen LogP contribution in [0.4, 0.5) is 5.69 Å². The molecule has 6 heteroatoms. The average molecular weight is 308 g/mol. The van der Waals surface area contributed by atoms with E-state index in [2.05, 4.69) is 10.6 Å². The van der Waals surface area contributed by atoms with Gasteiger partial charge in [-0.3, -0.25) is 9.59 Å². The number of benzene rings is 1. The van der Waals surface area contributed by atoms with Crippen LogP contribution in [0.3, 0.4) is 0 Å². The largest absolute Gasteiger partial charge is 0.388 e. The number of aliphatic hydroxyl groups is 1. The number of nitrogens with one attached hydrogen (secondary N) is 2. The van der Waals surface area contributed by atoms with Gasteiger partial charge in [0.2, 0.25) is 0 Å². The van der Waals surface area contributed by atoms with Gasteiger partial charge in [-0.1, -0.05) is 12.1 Å². The number of thioether (sulfide) groups is 1. The topological polar surface area (TPSA) is 78.4 Å². The lowest BCUT2D eigenvalue weighted by Crippen LogP contribution is -2.45. The fraction of sp³-hybridized carbons (Fsp3) is 0.467. The summed E-state index contributed by atoms with van der Waals surface area (Å²) in [6, 6.07) is 7.28. The molecule has 0 bridgehead atoms. The third-order valence-corrected chi connectivity index (χ3v) is 4.42. The highest BCUT2D eigenvalue weighted by atomic mass is 32.2. The van der Waals surface area contributed by atoms with Crippen molar-refractivity contribution in [1.82, 2.24) is 5.32 Å². The van der Waals surface area contributed by atoms with Gasteiger partial charge in [0.05, 0.1) is 11.3 Å². The number of amides is 2. The Labute approximate surface area is 128 Å². The minimum Gasteiger partial charge on any atom is -0.388 e. The van der Waals surface area contributed by atoms with E-state index in [0.717, 1.165) is 17.7 Å². The maximum absolute atomic E-state index is 11.9. The molecule has 1 fully saturated rings. The van der Waals surface area contributed by atoms with Crippen molar-refractivity contribution in [2.75, 3.05) is 18.1 Å². The van der Waals surface area contributed by atoms with Crippen LogP contribution in [0.5, 0.6) is 0 Å². The highest BCUT2D eigenvalue weighted by Crippen LogP contribution is 2.38. The van der Waals surface area contributed by atoms with Crippen LogP contribution < -0.4 is 10.6 Å². The zero-order chi connectivity index (χ0) is 15.5. The Morgan fingerprint density at radius 2 is 2.00 bits per heavy atom. The molecule has 0 unspecified atom stereocenters. The van der Waals surface area contributed by atoms with Gasteiger partial charge in [-0.05, 0) is 44.1 Å². The van der Waals surface area contributed by atoms with Crippen molar-refractivity contribution in [3.05, 3.63) is 24.3 Å². The average Bonchev–Trinajstić information content (AvgIpc) is 3.30. The molecule has 0 radical (unpaired) electrons. The van der Waals surface area contributed by atoms with Gasteiger partial charge in [0, 0.05) is 11.4 Å². The van der Waals surface area contributed by atoms with E-state index in [9.17, 15) is 14.7 Å². The van der Waals surface area contributed by atoms with Crippen molar-refractivity contribution in [3.8, 4) is 0 Å². The summed E-state index contributed by atoms with van der Waals surface area (Å²) in [6.45, 7) is 1.78. The number of hydrogen-bond acceptors (Lipinski definition) is 4. The molecule has 1 aliphatic carbocycles. The first-order valence-electron chi connectivity index (χ1n) is 6.88. The molecule has 2 rings (SSSR count). The highest BCUT2D eigenvalue weighted by Gasteiger charge is 2.40. The van der Waals surface area contributed by atoms with Gasteiger partial charge in [0.25, 0.3) is 0 Å². The third kappa shape index (κ3) is 4.22. The van der Waals surface area contributed by atoms with Crippen LogP contribution in [-0.4, -0.2) is 35.3 Å². The van der Waals surface area contributed by atoms with E-state index in [4.69, 9.17) is 0 Å². The molecule has 1 aromatic rings. The Bertz CT molecular complexity index is 541. The molecule has 1 saturated carbocycles. The van der Waals surface area contributed by atoms with Gasteiger partial charge in [0.15, 0.2) is 0 Å². The van der Waals surface area contributed by atoms with Crippen LogP contribution in [-0.2, 0) is 9.59 Å². The minimum atomic E-state index is -0.937. The fourth-order valence-electron chi connectivity index (χ4n) is 2.12. The van der Waals surface area contributed by atoms with Crippen LogP contribution in [0.2, 0.25) is 0 Å². The predicted molar refractivity (Wildman–Crippen MR) is 83.2 cm³/mol. The van der Waals surface area contributed by atoms with Crippen LogP contribution in [0.1, 0.15) is 19.8 Å². The van der Waals surface area contributed by atoms with E-state index in [1.54, 1.807) is 19.1 Å². The molecule has 1 atom stereocenters. The van der Waals surface area contributed by atoms with E-state index in [1.165, 1.54) is 11.8 Å². The second-order valence-corrected chi connectivity index (χ2v) is 6.32. The first-order chi connectivity index (χ1) is 9.94. The van der Waals surface area contributed by atoms with E-state index in [-0.39, 0.29) is 12.5 Å². The number of hydrogen-bond donors (Lipinski definition) is 3. The van der Waals surface area contributed by atoms with Crippen molar-refractivity contribution < 1.29 is 14.7 Å². The molecule has 1 aromatic carbocycles. The smallest absolute Gasteiger partial charge is 0.313 e. The Morgan fingerprint density at radius 3 is 2.62 bits per heavy atom. The predicted octanol–water partition coefficient (Wildman–Crippen LogP) is 1.62. The van der Waals surface area contributed by atoms with E-state index in [0.29, 0.717) is 5.69 Å². The molecule has 5 nitrogen and oxygen atoms in total. The molecule has 0 aliphatic heterocycles. The summed E-state index contributed by atoms with van der Waals surface area (Å²) >= 11 is 1.49. The van der Waals surface area contributed by atoms with Crippen LogP contribution in [0, 0.1) is 5.92 Å². The van der Waals surface area contributed by atoms with E-state index >= 15 is 0 Å². The summed E-state index contributed by atoms with van der Waals surface area (Å²) in [4.78, 5) is 24.6. The molecule has 0 aromatic heterocycles. The van der Waals surface area contributed by atoms with Crippen molar-refractivity contribution >= 4 is 29.3 Å². The molecule has 1 aliphatic rings. The second-order valence-electron chi connectivity index (χ2n) is 5.47. The van der Waals surface area contributed by atoms with Crippen LogP contribution in [0.25, 0.3) is 0 Å². The zero-order valence-electron chi connectivity index (χ0n) is 12.2.